The highest BCUT2D eigenvalue weighted by Gasteiger charge is 2.37. The Morgan fingerprint density at radius 3 is 2.50 bits per heavy atom. The second-order valence-electron chi connectivity index (χ2n) is 11.1. The second-order valence-corrected chi connectivity index (χ2v) is 13.8. The Hall–Kier alpha value is -3.30. The van der Waals surface area contributed by atoms with E-state index in [1.54, 1.807) is 19.9 Å². The number of rotatable bonds is 10. The van der Waals surface area contributed by atoms with Crippen LogP contribution in [0.15, 0.2) is 27.6 Å². The molecule has 1 fully saturated rings. The van der Waals surface area contributed by atoms with Crippen LogP contribution in [-0.2, 0) is 21.2 Å². The molecule has 4 rings (SSSR count). The van der Waals surface area contributed by atoms with Gasteiger partial charge in [0.15, 0.2) is 5.01 Å². The average molecular weight is 626 g/mol. The minimum atomic E-state index is -3.79. The van der Waals surface area contributed by atoms with Crippen LogP contribution in [0, 0.1) is 12.3 Å². The molecule has 2 N–H and O–H groups in total. The van der Waals surface area contributed by atoms with Crippen molar-refractivity contribution in [2.24, 2.45) is 5.41 Å². The molecule has 0 radical (unpaired) electrons. The Labute approximate surface area is 246 Å². The van der Waals surface area contributed by atoms with E-state index in [2.05, 4.69) is 19.8 Å². The van der Waals surface area contributed by atoms with Gasteiger partial charge in [0, 0.05) is 38.4 Å². The second kappa shape index (κ2) is 11.8. The van der Waals surface area contributed by atoms with Gasteiger partial charge < -0.3 is 14.5 Å². The fourth-order valence-corrected chi connectivity index (χ4v) is 6.76. The zero-order valence-corrected chi connectivity index (χ0v) is 25.5. The molecule has 1 amide bonds. The number of benzene rings is 1. The van der Waals surface area contributed by atoms with Crippen molar-refractivity contribution in [2.75, 3.05) is 13.1 Å². The monoisotopic (exact) mass is 625 g/mol. The van der Waals surface area contributed by atoms with Gasteiger partial charge in [0.1, 0.15) is 5.69 Å². The van der Waals surface area contributed by atoms with Crippen molar-refractivity contribution in [1.29, 1.82) is 0 Å². The van der Waals surface area contributed by atoms with Crippen LogP contribution in [0.2, 0.25) is 0 Å². The number of carbonyl (C=O) groups excluding carboxylic acids is 1. The number of nitrogens with one attached hydrogen (secondary N) is 1. The number of piperidine rings is 1. The van der Waals surface area contributed by atoms with Gasteiger partial charge in [0.25, 0.3) is 11.8 Å². The molecule has 0 unspecified atom stereocenters. The third-order valence-corrected chi connectivity index (χ3v) is 9.84. The number of aryl methyl sites for hydroxylation is 1. The van der Waals surface area contributed by atoms with Crippen LogP contribution < -0.4 is 4.72 Å². The number of likely N-dealkylation sites (tertiary alicyclic amines) is 1. The van der Waals surface area contributed by atoms with E-state index in [0.717, 1.165) is 11.3 Å². The Kier molecular flexibility index (Phi) is 8.86. The molecule has 0 spiro atoms. The van der Waals surface area contributed by atoms with Crippen LogP contribution in [-0.4, -0.2) is 70.5 Å². The fourth-order valence-electron chi connectivity index (χ4n) is 4.27. The highest BCUT2D eigenvalue weighted by molar-refractivity contribution is 7.89. The molecule has 1 aliphatic heterocycles. The first-order valence-corrected chi connectivity index (χ1v) is 15.7. The predicted octanol–water partition coefficient (Wildman–Crippen LogP) is 4.77. The van der Waals surface area contributed by atoms with Crippen molar-refractivity contribution >= 4 is 33.2 Å². The van der Waals surface area contributed by atoms with E-state index in [4.69, 9.17) is 4.52 Å². The molecule has 42 heavy (non-hydrogen) atoms. The van der Waals surface area contributed by atoms with E-state index in [1.165, 1.54) is 30.9 Å². The number of amides is 1. The summed E-state index contributed by atoms with van der Waals surface area (Å²) in [6, 6.07) is 4.25. The lowest BCUT2D eigenvalue weighted by Crippen LogP contribution is -2.43. The van der Waals surface area contributed by atoms with Crippen LogP contribution in [0.5, 0.6) is 0 Å². The minimum Gasteiger partial charge on any atom is -0.481 e. The van der Waals surface area contributed by atoms with E-state index in [0.29, 0.717) is 22.4 Å². The number of hydrogen-bond acceptors (Lipinski definition) is 9. The average Bonchev–Trinajstić information content (AvgIpc) is 3.55. The van der Waals surface area contributed by atoms with Gasteiger partial charge in [-0.25, -0.2) is 26.9 Å². The predicted molar refractivity (Wildman–Crippen MR) is 151 cm³/mol. The molecule has 1 aliphatic rings. The first-order valence-electron chi connectivity index (χ1n) is 13.4. The van der Waals surface area contributed by atoms with E-state index >= 15 is 0 Å². The van der Waals surface area contributed by atoms with E-state index in [1.807, 2.05) is 6.92 Å². The molecule has 11 nitrogen and oxygen atoms in total. The lowest BCUT2D eigenvalue weighted by atomic mass is 9.90. The van der Waals surface area contributed by atoms with Crippen molar-refractivity contribution in [2.45, 2.75) is 77.2 Å². The van der Waals surface area contributed by atoms with Gasteiger partial charge in [-0.1, -0.05) is 18.1 Å². The number of aliphatic carboxylic acids is 1. The van der Waals surface area contributed by atoms with Gasteiger partial charge >= 0.3 is 5.97 Å². The maximum atomic E-state index is 13.8. The number of sulfonamides is 1. The molecule has 1 atom stereocenters. The Morgan fingerprint density at radius 1 is 1.24 bits per heavy atom. The highest BCUT2D eigenvalue weighted by Crippen LogP contribution is 2.39. The van der Waals surface area contributed by atoms with Gasteiger partial charge in [0.2, 0.25) is 21.7 Å². The molecule has 0 bridgehead atoms. The molecule has 15 heteroatoms. The number of thiazole rings is 1. The summed E-state index contributed by atoms with van der Waals surface area (Å²) in [5.41, 5.74) is -0.0943. The normalized spacial score (nSPS) is 16.4. The highest BCUT2D eigenvalue weighted by atomic mass is 32.2. The SMILES string of the molecule is CC[C@@H](C)NS(=O)(=O)c1ccc(-c2sc(-c3noc(CC(C)(C)C(=O)O)n3)nc2C(=O)N2CCC(F)(F)CC2)c(C)c1. The maximum absolute atomic E-state index is 13.8. The third kappa shape index (κ3) is 6.84. The van der Waals surface area contributed by atoms with Crippen LogP contribution in [0.25, 0.3) is 21.3 Å². The van der Waals surface area contributed by atoms with Crippen molar-refractivity contribution < 1.29 is 36.4 Å². The summed E-state index contributed by atoms with van der Waals surface area (Å²) >= 11 is 1.06. The summed E-state index contributed by atoms with van der Waals surface area (Å²) in [6.45, 7) is 8.07. The van der Waals surface area contributed by atoms with Crippen LogP contribution in [0.1, 0.15) is 68.9 Å². The molecule has 3 aromatic rings. The summed E-state index contributed by atoms with van der Waals surface area (Å²) in [5.74, 6) is -4.33. The number of halogens is 2. The summed E-state index contributed by atoms with van der Waals surface area (Å²) in [5, 5.41) is 13.6. The maximum Gasteiger partial charge on any atom is 0.309 e. The van der Waals surface area contributed by atoms with E-state index in [9.17, 15) is 31.9 Å². The van der Waals surface area contributed by atoms with Crippen LogP contribution >= 0.6 is 11.3 Å². The Bertz CT molecular complexity index is 1590. The van der Waals surface area contributed by atoms with E-state index in [-0.39, 0.29) is 52.9 Å². The number of nitrogens with zero attached hydrogens (tertiary/aromatic N) is 4. The molecule has 3 heterocycles. The zero-order chi connectivity index (χ0) is 31.0. The van der Waals surface area contributed by atoms with Crippen LogP contribution in [0.4, 0.5) is 8.78 Å². The standard InChI is InChI=1S/C27H33F2N5O6S2/c1-6-16(3)33-42(38,39)17-7-8-18(15(2)13-17)21-20(24(35)34-11-9-27(28,29)10-12-34)31-23(41-21)22-30-19(40-32-22)14-26(4,5)25(36)37/h7-8,13,16,33H,6,9-12,14H2,1-5H3,(H,36,37)/t16-/m1/s1. The van der Waals surface area contributed by atoms with Crippen molar-refractivity contribution in [3.05, 3.63) is 35.3 Å². The fraction of sp³-hybridized carbons (Fsp3) is 0.519. The lowest BCUT2D eigenvalue weighted by molar-refractivity contribution is -0.147. The topological polar surface area (TPSA) is 156 Å². The molecular weight excluding hydrogens is 592 g/mol. The summed E-state index contributed by atoms with van der Waals surface area (Å²) < 4.78 is 61.2. The van der Waals surface area contributed by atoms with Gasteiger partial charge in [0.05, 0.1) is 15.2 Å². The first kappa shape index (κ1) is 31.6. The smallest absolute Gasteiger partial charge is 0.309 e. The number of carbonyl (C=O) groups is 2. The zero-order valence-electron chi connectivity index (χ0n) is 23.9. The largest absolute Gasteiger partial charge is 0.481 e. The van der Waals surface area contributed by atoms with Gasteiger partial charge in [-0.05, 0) is 57.4 Å². The first-order chi connectivity index (χ1) is 19.5. The van der Waals surface area contributed by atoms with Crippen molar-refractivity contribution in [1.82, 2.24) is 24.7 Å². The number of carboxylic acids is 1. The van der Waals surface area contributed by atoms with Crippen molar-refractivity contribution in [3.8, 4) is 21.3 Å². The number of carboxylic acid groups (broad SMARTS) is 1. The Balaban J connectivity index is 1.74. The number of aromatic nitrogens is 3. The molecule has 0 aliphatic carbocycles. The number of hydrogen-bond donors (Lipinski definition) is 2. The molecule has 0 saturated carbocycles. The van der Waals surface area contributed by atoms with Crippen molar-refractivity contribution in [3.63, 3.8) is 0 Å². The Morgan fingerprint density at radius 2 is 1.90 bits per heavy atom. The number of alkyl halides is 2. The molecule has 228 valence electrons. The summed E-state index contributed by atoms with van der Waals surface area (Å²) in [6.07, 6.45) is -0.360. The summed E-state index contributed by atoms with van der Waals surface area (Å²) in [4.78, 5) is 35.7. The minimum absolute atomic E-state index is 0.00568. The van der Waals surface area contributed by atoms with Gasteiger partial charge in [-0.3, -0.25) is 9.59 Å². The van der Waals surface area contributed by atoms with E-state index < -0.39 is 46.1 Å². The van der Waals surface area contributed by atoms with Gasteiger partial charge in [-0.15, -0.1) is 11.3 Å². The lowest BCUT2D eigenvalue weighted by Gasteiger charge is -2.31. The molecular formula is C27H33F2N5O6S2. The van der Waals surface area contributed by atoms with Crippen LogP contribution in [0.3, 0.4) is 0 Å². The summed E-state index contributed by atoms with van der Waals surface area (Å²) in [7, 11) is -3.79. The third-order valence-electron chi connectivity index (χ3n) is 7.16. The molecule has 2 aromatic heterocycles. The molecule has 1 aromatic carbocycles. The quantitative estimate of drug-likeness (QED) is 0.324. The molecule has 1 saturated heterocycles. The van der Waals surface area contributed by atoms with Gasteiger partial charge in [-0.2, -0.15) is 4.98 Å².